The van der Waals surface area contributed by atoms with Gasteiger partial charge in [0.15, 0.2) is 0 Å². The van der Waals surface area contributed by atoms with Gasteiger partial charge in [0, 0.05) is 24.5 Å². The molecule has 0 fully saturated rings. The molecule has 0 aliphatic heterocycles. The highest BCUT2D eigenvalue weighted by molar-refractivity contribution is 5.54. The molecule has 1 aromatic carbocycles. The minimum absolute atomic E-state index is 0. The first kappa shape index (κ1) is 17.0. The number of hydrogen-bond donors (Lipinski definition) is 1. The highest BCUT2D eigenvalue weighted by atomic mass is 35.5. The fourth-order valence-electron chi connectivity index (χ4n) is 1.76. The van der Waals surface area contributed by atoms with Gasteiger partial charge in [-0.05, 0) is 20.0 Å². The standard InChI is InChI=1S/C13H17N3.2ClH/c1-14-8-5-10-16-11-9-15-13(16)12-6-3-2-4-7-12;;/h2-4,6-7,9,11,14H,5,8,10H2,1H3;2*1H/p-2. The predicted octanol–water partition coefficient (Wildman–Crippen LogP) is -3.83. The molecule has 0 spiro atoms. The van der Waals surface area contributed by atoms with Crippen molar-refractivity contribution in [1.82, 2.24) is 14.9 Å². The molecule has 1 aromatic heterocycles. The summed E-state index contributed by atoms with van der Waals surface area (Å²) in [5.41, 5.74) is 1.18. The Morgan fingerprint density at radius 1 is 1.17 bits per heavy atom. The zero-order valence-electron chi connectivity index (χ0n) is 10.3. The van der Waals surface area contributed by atoms with Gasteiger partial charge in [0.25, 0.3) is 0 Å². The van der Waals surface area contributed by atoms with E-state index in [1.807, 2.05) is 37.6 Å². The van der Waals surface area contributed by atoms with Gasteiger partial charge in [-0.15, -0.1) is 0 Å². The Kier molecular flexibility index (Phi) is 8.46. The summed E-state index contributed by atoms with van der Waals surface area (Å²) in [7, 11) is 1.98. The average Bonchev–Trinajstić information content (AvgIpc) is 2.79. The quantitative estimate of drug-likeness (QED) is 0.571. The van der Waals surface area contributed by atoms with Crippen molar-refractivity contribution in [2.75, 3.05) is 13.6 Å². The van der Waals surface area contributed by atoms with E-state index in [1.54, 1.807) is 0 Å². The maximum atomic E-state index is 4.41. The van der Waals surface area contributed by atoms with Crippen molar-refractivity contribution in [1.29, 1.82) is 0 Å². The Morgan fingerprint density at radius 3 is 2.56 bits per heavy atom. The Morgan fingerprint density at radius 2 is 1.89 bits per heavy atom. The predicted molar refractivity (Wildman–Crippen MR) is 66.2 cm³/mol. The second kappa shape index (κ2) is 8.97. The van der Waals surface area contributed by atoms with Crippen molar-refractivity contribution in [2.24, 2.45) is 0 Å². The number of nitrogens with zero attached hydrogens (tertiary/aromatic N) is 2. The van der Waals surface area contributed by atoms with Crippen LogP contribution < -0.4 is 30.1 Å². The highest BCUT2D eigenvalue weighted by Crippen LogP contribution is 2.16. The normalized spacial score (nSPS) is 9.39. The monoisotopic (exact) mass is 285 g/mol. The van der Waals surface area contributed by atoms with E-state index in [-0.39, 0.29) is 24.8 Å². The van der Waals surface area contributed by atoms with Crippen LogP contribution in [0.1, 0.15) is 6.42 Å². The smallest absolute Gasteiger partial charge is 0.139 e. The SMILES string of the molecule is CNCCCn1ccnc1-c1ccccc1.[Cl-].[Cl-]. The summed E-state index contributed by atoms with van der Waals surface area (Å²) < 4.78 is 2.20. The van der Waals surface area contributed by atoms with E-state index in [4.69, 9.17) is 0 Å². The fourth-order valence-corrected chi connectivity index (χ4v) is 1.76. The number of aromatic nitrogens is 2. The number of halogens is 2. The number of rotatable bonds is 5. The second-order valence-corrected chi connectivity index (χ2v) is 3.77. The lowest BCUT2D eigenvalue weighted by atomic mass is 10.2. The van der Waals surface area contributed by atoms with E-state index in [0.717, 1.165) is 25.3 Å². The lowest BCUT2D eigenvalue weighted by Crippen LogP contribution is -3.00. The third-order valence-electron chi connectivity index (χ3n) is 2.57. The first-order chi connectivity index (χ1) is 7.92. The van der Waals surface area contributed by atoms with Crippen LogP contribution >= 0.6 is 0 Å². The molecule has 100 valence electrons. The van der Waals surface area contributed by atoms with E-state index in [1.165, 1.54) is 5.56 Å². The zero-order valence-corrected chi connectivity index (χ0v) is 11.8. The largest absolute Gasteiger partial charge is 1.00 e. The van der Waals surface area contributed by atoms with Crippen molar-refractivity contribution in [2.45, 2.75) is 13.0 Å². The van der Waals surface area contributed by atoms with Gasteiger partial charge >= 0.3 is 0 Å². The average molecular weight is 286 g/mol. The minimum atomic E-state index is 0. The molecule has 0 saturated heterocycles. The van der Waals surface area contributed by atoms with Crippen LogP contribution in [0.3, 0.4) is 0 Å². The maximum absolute atomic E-state index is 4.41. The summed E-state index contributed by atoms with van der Waals surface area (Å²) in [5.74, 6) is 1.05. The molecule has 0 aliphatic rings. The van der Waals surface area contributed by atoms with Crippen molar-refractivity contribution < 1.29 is 24.8 Å². The van der Waals surface area contributed by atoms with Gasteiger partial charge in [-0.2, -0.15) is 0 Å². The van der Waals surface area contributed by atoms with Crippen LogP contribution in [0, 0.1) is 0 Å². The molecule has 0 atom stereocenters. The summed E-state index contributed by atoms with van der Waals surface area (Å²) in [6, 6.07) is 10.3. The number of hydrogen-bond acceptors (Lipinski definition) is 2. The Hall–Kier alpha value is -1.03. The van der Waals surface area contributed by atoms with Crippen LogP contribution in [0.5, 0.6) is 0 Å². The van der Waals surface area contributed by atoms with Crippen LogP contribution in [0.2, 0.25) is 0 Å². The van der Waals surface area contributed by atoms with Crippen molar-refractivity contribution in [3.05, 3.63) is 42.7 Å². The Bertz CT molecular complexity index is 429. The van der Waals surface area contributed by atoms with Crippen molar-refractivity contribution in [3.63, 3.8) is 0 Å². The van der Waals surface area contributed by atoms with Crippen LogP contribution in [-0.2, 0) is 6.54 Å². The molecule has 1 N–H and O–H groups in total. The van der Waals surface area contributed by atoms with Crippen LogP contribution in [-0.4, -0.2) is 23.1 Å². The van der Waals surface area contributed by atoms with Gasteiger partial charge in [-0.1, -0.05) is 30.3 Å². The number of aryl methyl sites for hydroxylation is 1. The third kappa shape index (κ3) is 4.33. The fraction of sp³-hybridized carbons (Fsp3) is 0.308. The van der Waals surface area contributed by atoms with E-state index in [2.05, 4.69) is 27.0 Å². The van der Waals surface area contributed by atoms with Crippen LogP contribution in [0.25, 0.3) is 11.4 Å². The molecular formula is C13H17Cl2N3-2. The lowest BCUT2D eigenvalue weighted by Gasteiger charge is -2.07. The maximum Gasteiger partial charge on any atom is 0.139 e. The van der Waals surface area contributed by atoms with Crippen LogP contribution in [0.15, 0.2) is 42.7 Å². The minimum Gasteiger partial charge on any atom is -1.00 e. The molecule has 2 aromatic rings. The van der Waals surface area contributed by atoms with E-state index in [0.29, 0.717) is 0 Å². The van der Waals surface area contributed by atoms with Gasteiger partial charge in [0.2, 0.25) is 0 Å². The summed E-state index contributed by atoms with van der Waals surface area (Å²) >= 11 is 0. The topological polar surface area (TPSA) is 29.9 Å². The molecule has 0 radical (unpaired) electrons. The van der Waals surface area contributed by atoms with Gasteiger partial charge in [0.05, 0.1) is 0 Å². The number of imidazole rings is 1. The third-order valence-corrected chi connectivity index (χ3v) is 2.57. The summed E-state index contributed by atoms with van der Waals surface area (Å²) in [6.07, 6.45) is 5.02. The molecule has 0 amide bonds. The number of benzene rings is 1. The summed E-state index contributed by atoms with van der Waals surface area (Å²) in [4.78, 5) is 4.41. The molecule has 0 aliphatic carbocycles. The second-order valence-electron chi connectivity index (χ2n) is 3.77. The van der Waals surface area contributed by atoms with Crippen molar-refractivity contribution in [3.8, 4) is 11.4 Å². The molecule has 3 nitrogen and oxygen atoms in total. The van der Waals surface area contributed by atoms with E-state index < -0.39 is 0 Å². The first-order valence-corrected chi connectivity index (χ1v) is 5.63. The Labute approximate surface area is 120 Å². The summed E-state index contributed by atoms with van der Waals surface area (Å²) in [5, 5.41) is 3.16. The lowest BCUT2D eigenvalue weighted by molar-refractivity contribution is -0.00100. The molecule has 5 heteroatoms. The molecule has 0 saturated carbocycles. The molecule has 18 heavy (non-hydrogen) atoms. The summed E-state index contributed by atoms with van der Waals surface area (Å²) in [6.45, 7) is 2.04. The Balaban J connectivity index is 0.00000144. The van der Waals surface area contributed by atoms with E-state index >= 15 is 0 Å². The zero-order chi connectivity index (χ0) is 11.2. The van der Waals surface area contributed by atoms with Crippen molar-refractivity contribution >= 4 is 0 Å². The number of nitrogens with one attached hydrogen (secondary N) is 1. The molecule has 0 unspecified atom stereocenters. The molecular weight excluding hydrogens is 269 g/mol. The molecule has 2 rings (SSSR count). The molecule has 0 bridgehead atoms. The van der Waals surface area contributed by atoms with Gasteiger partial charge in [-0.25, -0.2) is 4.98 Å². The van der Waals surface area contributed by atoms with Gasteiger partial charge < -0.3 is 34.7 Å². The van der Waals surface area contributed by atoms with Gasteiger partial charge in [-0.3, -0.25) is 0 Å². The highest BCUT2D eigenvalue weighted by Gasteiger charge is 2.03. The first-order valence-electron chi connectivity index (χ1n) is 5.63. The van der Waals surface area contributed by atoms with Crippen LogP contribution in [0.4, 0.5) is 0 Å². The molecule has 1 heterocycles. The van der Waals surface area contributed by atoms with E-state index in [9.17, 15) is 0 Å². The van der Waals surface area contributed by atoms with Gasteiger partial charge in [0.1, 0.15) is 5.82 Å².